The third-order valence-corrected chi connectivity index (χ3v) is 3.45. The molecule has 8 nitrogen and oxygen atoms in total. The summed E-state index contributed by atoms with van der Waals surface area (Å²) in [7, 11) is 0. The predicted octanol–water partition coefficient (Wildman–Crippen LogP) is 1.80. The number of hydrogen-bond donors (Lipinski definition) is 2. The van der Waals surface area contributed by atoms with E-state index in [1.807, 2.05) is 0 Å². The summed E-state index contributed by atoms with van der Waals surface area (Å²) in [6, 6.07) is 7.03. The van der Waals surface area contributed by atoms with Gasteiger partial charge in [-0.25, -0.2) is 4.68 Å². The van der Waals surface area contributed by atoms with Crippen LogP contribution in [-0.2, 0) is 0 Å². The van der Waals surface area contributed by atoms with E-state index >= 15 is 0 Å². The number of non-ortho nitro benzene ring substituents is 1. The molecular weight excluding hydrogens is 356 g/mol. The Labute approximate surface area is 132 Å². The van der Waals surface area contributed by atoms with E-state index in [2.05, 4.69) is 21.4 Å². The van der Waals surface area contributed by atoms with Crippen LogP contribution in [0, 0.1) is 17.0 Å². The van der Waals surface area contributed by atoms with Crippen LogP contribution < -0.4 is 16.7 Å². The number of carbonyl (C=O) groups excluding carboxylic acids is 1. The SMILES string of the molecule is Cc1cc(Br)c(=O)n(Nc2cccc([N+](=O)[O-])c2)c1C(N)=O. The second kappa shape index (κ2) is 5.98. The van der Waals surface area contributed by atoms with Gasteiger partial charge in [0, 0.05) is 12.1 Å². The zero-order chi connectivity index (χ0) is 16.4. The van der Waals surface area contributed by atoms with E-state index in [9.17, 15) is 19.7 Å². The summed E-state index contributed by atoms with van der Waals surface area (Å²) >= 11 is 3.10. The Balaban J connectivity index is 2.58. The summed E-state index contributed by atoms with van der Waals surface area (Å²) in [5, 5.41) is 10.8. The Morgan fingerprint density at radius 1 is 1.41 bits per heavy atom. The highest BCUT2D eigenvalue weighted by Crippen LogP contribution is 2.18. The molecule has 0 saturated carbocycles. The molecular formula is C13H11BrN4O4. The van der Waals surface area contributed by atoms with E-state index in [0.29, 0.717) is 5.56 Å². The standard InChI is InChI=1S/C13H11BrN4O4/c1-7-5-10(14)13(20)17(11(7)12(15)19)16-8-3-2-4-9(6-8)18(21)22/h2-6,16H,1H3,(H2,15,19). The highest BCUT2D eigenvalue weighted by molar-refractivity contribution is 9.10. The number of aromatic nitrogens is 1. The molecule has 0 aliphatic rings. The summed E-state index contributed by atoms with van der Waals surface area (Å²) in [6.07, 6.45) is 0. The molecule has 0 fully saturated rings. The molecule has 0 aliphatic heterocycles. The van der Waals surface area contributed by atoms with Gasteiger partial charge in [0.15, 0.2) is 0 Å². The lowest BCUT2D eigenvalue weighted by Gasteiger charge is -2.15. The lowest BCUT2D eigenvalue weighted by molar-refractivity contribution is -0.384. The largest absolute Gasteiger partial charge is 0.364 e. The minimum absolute atomic E-state index is 0.0280. The van der Waals surface area contributed by atoms with Crippen LogP contribution in [0.2, 0.25) is 0 Å². The second-order valence-electron chi connectivity index (χ2n) is 4.45. The minimum Gasteiger partial charge on any atom is -0.364 e. The van der Waals surface area contributed by atoms with Gasteiger partial charge in [0.25, 0.3) is 17.2 Å². The van der Waals surface area contributed by atoms with Crippen molar-refractivity contribution >= 4 is 33.2 Å². The van der Waals surface area contributed by atoms with Crippen LogP contribution in [-0.4, -0.2) is 15.5 Å². The average molecular weight is 367 g/mol. The van der Waals surface area contributed by atoms with Crippen LogP contribution in [0.3, 0.4) is 0 Å². The number of anilines is 1. The molecule has 0 unspecified atom stereocenters. The molecule has 2 rings (SSSR count). The summed E-state index contributed by atoms with van der Waals surface area (Å²) < 4.78 is 1.19. The topological polar surface area (TPSA) is 120 Å². The molecule has 9 heteroatoms. The number of rotatable bonds is 4. The third-order valence-electron chi connectivity index (χ3n) is 2.88. The van der Waals surface area contributed by atoms with Crippen LogP contribution in [0.1, 0.15) is 16.1 Å². The number of hydrogen-bond acceptors (Lipinski definition) is 5. The van der Waals surface area contributed by atoms with Gasteiger partial charge in [-0.15, -0.1) is 0 Å². The number of nitrogens with one attached hydrogen (secondary N) is 1. The van der Waals surface area contributed by atoms with Gasteiger partial charge in [0.05, 0.1) is 15.1 Å². The number of primary amides is 1. The fourth-order valence-electron chi connectivity index (χ4n) is 1.93. The molecule has 0 saturated heterocycles. The fourth-order valence-corrected chi connectivity index (χ4v) is 2.45. The lowest BCUT2D eigenvalue weighted by Crippen LogP contribution is -2.34. The molecule has 1 amide bonds. The first-order chi connectivity index (χ1) is 10.3. The van der Waals surface area contributed by atoms with Crippen molar-refractivity contribution in [3.05, 3.63) is 66.5 Å². The van der Waals surface area contributed by atoms with Crippen LogP contribution in [0.5, 0.6) is 0 Å². The normalized spacial score (nSPS) is 10.3. The molecule has 1 aromatic heterocycles. The number of nitrogens with zero attached hydrogens (tertiary/aromatic N) is 2. The highest BCUT2D eigenvalue weighted by atomic mass is 79.9. The molecule has 0 spiro atoms. The number of aryl methyl sites for hydroxylation is 1. The first-order valence-electron chi connectivity index (χ1n) is 6.04. The van der Waals surface area contributed by atoms with Crippen molar-refractivity contribution in [3.8, 4) is 0 Å². The van der Waals surface area contributed by atoms with Gasteiger partial charge in [-0.2, -0.15) is 0 Å². The van der Waals surface area contributed by atoms with Crippen LogP contribution >= 0.6 is 15.9 Å². The van der Waals surface area contributed by atoms with Gasteiger partial charge in [-0.05, 0) is 40.5 Å². The summed E-state index contributed by atoms with van der Waals surface area (Å²) in [4.78, 5) is 34.0. The highest BCUT2D eigenvalue weighted by Gasteiger charge is 2.16. The van der Waals surface area contributed by atoms with Crippen molar-refractivity contribution in [3.63, 3.8) is 0 Å². The van der Waals surface area contributed by atoms with Crippen LogP contribution in [0.25, 0.3) is 0 Å². The Kier molecular flexibility index (Phi) is 4.27. The van der Waals surface area contributed by atoms with Gasteiger partial charge >= 0.3 is 0 Å². The molecule has 1 heterocycles. The first-order valence-corrected chi connectivity index (χ1v) is 6.84. The van der Waals surface area contributed by atoms with Gasteiger partial charge < -0.3 is 5.73 Å². The smallest absolute Gasteiger partial charge is 0.284 e. The van der Waals surface area contributed by atoms with E-state index < -0.39 is 16.4 Å². The van der Waals surface area contributed by atoms with Crippen LogP contribution in [0.15, 0.2) is 39.6 Å². The van der Waals surface area contributed by atoms with Crippen molar-refractivity contribution in [2.45, 2.75) is 6.92 Å². The predicted molar refractivity (Wildman–Crippen MR) is 83.8 cm³/mol. The number of amides is 1. The first kappa shape index (κ1) is 15.7. The maximum Gasteiger partial charge on any atom is 0.284 e. The number of pyridine rings is 1. The Morgan fingerprint density at radius 2 is 2.09 bits per heavy atom. The van der Waals surface area contributed by atoms with Crippen molar-refractivity contribution in [2.24, 2.45) is 5.73 Å². The molecule has 0 aliphatic carbocycles. The van der Waals surface area contributed by atoms with Gasteiger partial charge in [0.1, 0.15) is 5.69 Å². The summed E-state index contributed by atoms with van der Waals surface area (Å²) in [5.74, 6) is -0.792. The molecule has 1 aromatic carbocycles. The molecule has 3 N–H and O–H groups in total. The Hall–Kier alpha value is -2.68. The Bertz CT molecular complexity index is 831. The average Bonchev–Trinajstić information content (AvgIpc) is 2.44. The van der Waals surface area contributed by atoms with Gasteiger partial charge in [-0.1, -0.05) is 6.07 Å². The van der Waals surface area contributed by atoms with Crippen LogP contribution in [0.4, 0.5) is 11.4 Å². The molecule has 0 radical (unpaired) electrons. The third kappa shape index (κ3) is 2.98. The number of benzene rings is 1. The monoisotopic (exact) mass is 366 g/mol. The summed E-state index contributed by atoms with van der Waals surface area (Å²) in [6.45, 7) is 1.62. The number of carbonyl (C=O) groups is 1. The lowest BCUT2D eigenvalue weighted by atomic mass is 10.2. The second-order valence-corrected chi connectivity index (χ2v) is 5.30. The number of halogens is 1. The molecule has 0 bridgehead atoms. The number of nitro benzene ring substituents is 1. The van der Waals surface area contributed by atoms with E-state index in [0.717, 1.165) is 4.68 Å². The van der Waals surface area contributed by atoms with E-state index in [4.69, 9.17) is 5.73 Å². The minimum atomic E-state index is -0.792. The fraction of sp³-hybridized carbons (Fsp3) is 0.0769. The van der Waals surface area contributed by atoms with Gasteiger partial charge in [0.2, 0.25) is 0 Å². The molecule has 22 heavy (non-hydrogen) atoms. The molecule has 114 valence electrons. The quantitative estimate of drug-likeness (QED) is 0.631. The van der Waals surface area contributed by atoms with E-state index in [1.165, 1.54) is 30.3 Å². The number of nitrogens with two attached hydrogens (primary N) is 1. The van der Waals surface area contributed by atoms with Crippen molar-refractivity contribution in [1.29, 1.82) is 0 Å². The molecule has 0 atom stereocenters. The zero-order valence-electron chi connectivity index (χ0n) is 11.4. The Morgan fingerprint density at radius 3 is 2.68 bits per heavy atom. The van der Waals surface area contributed by atoms with Crippen molar-refractivity contribution in [2.75, 3.05) is 5.43 Å². The summed E-state index contributed by atoms with van der Waals surface area (Å²) in [5.41, 5.74) is 8.02. The maximum atomic E-state index is 12.2. The van der Waals surface area contributed by atoms with E-state index in [1.54, 1.807) is 6.92 Å². The maximum absolute atomic E-state index is 12.2. The van der Waals surface area contributed by atoms with Crippen molar-refractivity contribution < 1.29 is 9.72 Å². The van der Waals surface area contributed by atoms with Gasteiger partial charge in [-0.3, -0.25) is 25.1 Å². The van der Waals surface area contributed by atoms with E-state index in [-0.39, 0.29) is 21.5 Å². The number of nitro groups is 1. The zero-order valence-corrected chi connectivity index (χ0v) is 13.0. The van der Waals surface area contributed by atoms with Crippen molar-refractivity contribution in [1.82, 2.24) is 4.68 Å². The molecule has 2 aromatic rings.